The molecule has 0 spiro atoms. The fraction of sp³-hybridized carbons (Fsp3) is 0.500. The third-order valence-electron chi connectivity index (χ3n) is 7.23. The lowest BCUT2D eigenvalue weighted by atomic mass is 9.90. The second-order valence-corrected chi connectivity index (χ2v) is 9.54. The van der Waals surface area contributed by atoms with Crippen LogP contribution in [0.25, 0.3) is 11.6 Å². The molecule has 1 aliphatic carbocycles. The van der Waals surface area contributed by atoms with Gasteiger partial charge in [-0.1, -0.05) is 6.07 Å². The molecule has 2 atom stereocenters. The molecule has 0 radical (unpaired) electrons. The van der Waals surface area contributed by atoms with Gasteiger partial charge in [-0.25, -0.2) is 4.39 Å². The monoisotopic (exact) mass is 478 g/mol. The van der Waals surface area contributed by atoms with E-state index >= 15 is 0 Å². The summed E-state index contributed by atoms with van der Waals surface area (Å²) >= 11 is 0. The highest BCUT2D eigenvalue weighted by Crippen LogP contribution is 2.38. The minimum Gasteiger partial charge on any atom is -0.507 e. The van der Waals surface area contributed by atoms with Crippen molar-refractivity contribution in [1.82, 2.24) is 20.2 Å². The molecule has 5 rings (SSSR count). The molecule has 9 heteroatoms. The topological polar surface area (TPSA) is 97.5 Å². The third kappa shape index (κ3) is 4.95. The molecule has 0 bridgehead atoms. The summed E-state index contributed by atoms with van der Waals surface area (Å²) in [5.74, 6) is 0.301. The van der Waals surface area contributed by atoms with Crippen LogP contribution in [0.2, 0.25) is 0 Å². The Morgan fingerprint density at radius 2 is 2.17 bits per heavy atom. The number of phenols is 1. The zero-order chi connectivity index (χ0) is 24.4. The van der Waals surface area contributed by atoms with Gasteiger partial charge in [-0.05, 0) is 63.1 Å². The van der Waals surface area contributed by atoms with Crippen molar-refractivity contribution >= 4 is 17.5 Å². The largest absolute Gasteiger partial charge is 0.507 e. The summed E-state index contributed by atoms with van der Waals surface area (Å²) in [6, 6.07) is 7.33. The highest BCUT2D eigenvalue weighted by Gasteiger charge is 2.28. The molecule has 184 valence electrons. The maximum Gasteiger partial charge on any atom is 0.318 e. The molecule has 1 aromatic carbocycles. The van der Waals surface area contributed by atoms with Crippen LogP contribution in [-0.4, -0.2) is 71.9 Å². The number of aromatic hydroxyl groups is 1. The second-order valence-electron chi connectivity index (χ2n) is 9.54. The molecular formula is C26H31FN6O2. The van der Waals surface area contributed by atoms with E-state index in [0.29, 0.717) is 55.7 Å². The Morgan fingerprint density at radius 1 is 1.29 bits per heavy atom. The molecule has 3 aliphatic rings. The number of halogens is 1. The maximum atomic E-state index is 14.6. The van der Waals surface area contributed by atoms with E-state index in [9.17, 15) is 14.8 Å². The predicted octanol–water partition coefficient (Wildman–Crippen LogP) is 2.97. The molecule has 8 nitrogen and oxygen atoms in total. The van der Waals surface area contributed by atoms with E-state index in [2.05, 4.69) is 28.2 Å². The molecule has 2 N–H and O–H groups in total. The number of fused-ring (bicyclic) bond motifs is 1. The van der Waals surface area contributed by atoms with Gasteiger partial charge in [-0.3, -0.25) is 0 Å². The fourth-order valence-electron chi connectivity index (χ4n) is 5.30. The Labute approximate surface area is 205 Å². The van der Waals surface area contributed by atoms with Crippen molar-refractivity contribution in [3.8, 4) is 17.8 Å². The normalized spacial score (nSPS) is 22.4. The molecule has 1 aromatic heterocycles. The summed E-state index contributed by atoms with van der Waals surface area (Å²) < 4.78 is 20.7. The zero-order valence-electron chi connectivity index (χ0n) is 20.0. The van der Waals surface area contributed by atoms with Crippen LogP contribution in [0.3, 0.4) is 0 Å². The predicted molar refractivity (Wildman–Crippen MR) is 132 cm³/mol. The number of rotatable bonds is 6. The SMILES string of the molecule is CN1CCC[C@H]1COc1nc2c(c(N3CCN[C@@H](CC#N)C3)n1)CCC(c1c(O)cccc1F)=C2. The van der Waals surface area contributed by atoms with Crippen molar-refractivity contribution < 1.29 is 14.2 Å². The van der Waals surface area contributed by atoms with Gasteiger partial charge in [-0.15, -0.1) is 0 Å². The van der Waals surface area contributed by atoms with Crippen LogP contribution in [0.15, 0.2) is 18.2 Å². The molecule has 2 aliphatic heterocycles. The Balaban J connectivity index is 1.51. The first-order chi connectivity index (χ1) is 17.0. The number of nitrogens with one attached hydrogen (secondary N) is 1. The Kier molecular flexibility index (Phi) is 6.84. The fourth-order valence-corrected chi connectivity index (χ4v) is 5.30. The van der Waals surface area contributed by atoms with Gasteiger partial charge in [0.15, 0.2) is 0 Å². The first-order valence-corrected chi connectivity index (χ1v) is 12.3. The number of phenolic OH excluding ortho intramolecular Hbond substituents is 1. The number of benzene rings is 1. The first kappa shape index (κ1) is 23.5. The van der Waals surface area contributed by atoms with Crippen LogP contribution in [0.1, 0.15) is 42.5 Å². The highest BCUT2D eigenvalue weighted by molar-refractivity contribution is 5.87. The lowest BCUT2D eigenvalue weighted by Gasteiger charge is -2.35. The van der Waals surface area contributed by atoms with Crippen LogP contribution < -0.4 is 15.0 Å². The molecule has 0 unspecified atom stereocenters. The number of hydrogen-bond donors (Lipinski definition) is 2. The number of ether oxygens (including phenoxy) is 1. The zero-order valence-corrected chi connectivity index (χ0v) is 20.0. The minimum atomic E-state index is -0.448. The number of piperazine rings is 1. The van der Waals surface area contributed by atoms with E-state index in [1.54, 1.807) is 0 Å². The quantitative estimate of drug-likeness (QED) is 0.654. The number of nitrogens with zero attached hydrogens (tertiary/aromatic N) is 5. The number of likely N-dealkylation sites (N-methyl/N-ethyl adjacent to an activating group) is 1. The van der Waals surface area contributed by atoms with Crippen LogP contribution in [0, 0.1) is 17.1 Å². The van der Waals surface area contributed by atoms with Crippen molar-refractivity contribution in [2.75, 3.05) is 44.7 Å². The van der Waals surface area contributed by atoms with Gasteiger partial charge < -0.3 is 25.0 Å². The Hall–Kier alpha value is -3.22. The average molecular weight is 479 g/mol. The summed E-state index contributed by atoms with van der Waals surface area (Å²) in [6.07, 6.45) is 5.71. The number of hydrogen-bond acceptors (Lipinski definition) is 8. The van der Waals surface area contributed by atoms with Gasteiger partial charge in [0.25, 0.3) is 0 Å². The average Bonchev–Trinajstić information content (AvgIpc) is 3.27. The summed E-state index contributed by atoms with van der Waals surface area (Å²) in [4.78, 5) is 14.0. The molecule has 3 heterocycles. The summed E-state index contributed by atoms with van der Waals surface area (Å²) in [5, 5.41) is 22.9. The van der Waals surface area contributed by atoms with Crippen molar-refractivity contribution in [2.45, 2.75) is 44.2 Å². The van der Waals surface area contributed by atoms with E-state index < -0.39 is 5.82 Å². The highest BCUT2D eigenvalue weighted by atomic mass is 19.1. The van der Waals surface area contributed by atoms with E-state index in [1.807, 2.05) is 6.08 Å². The van der Waals surface area contributed by atoms with E-state index in [0.717, 1.165) is 43.9 Å². The van der Waals surface area contributed by atoms with Gasteiger partial charge in [-0.2, -0.15) is 15.2 Å². The van der Waals surface area contributed by atoms with Crippen molar-refractivity contribution in [3.05, 3.63) is 40.8 Å². The number of aromatic nitrogens is 2. The molecular weight excluding hydrogens is 447 g/mol. The Morgan fingerprint density at radius 3 is 2.94 bits per heavy atom. The molecule has 2 aromatic rings. The molecule has 2 saturated heterocycles. The van der Waals surface area contributed by atoms with Gasteiger partial charge in [0, 0.05) is 37.3 Å². The molecule has 0 amide bonds. The van der Waals surface area contributed by atoms with Gasteiger partial charge >= 0.3 is 6.01 Å². The van der Waals surface area contributed by atoms with Crippen molar-refractivity contribution in [2.24, 2.45) is 0 Å². The van der Waals surface area contributed by atoms with E-state index in [4.69, 9.17) is 14.7 Å². The minimum absolute atomic E-state index is 0.0703. The second kappa shape index (κ2) is 10.2. The number of anilines is 1. The Bertz CT molecular complexity index is 1140. The van der Waals surface area contributed by atoms with Crippen LogP contribution in [0.5, 0.6) is 11.8 Å². The molecule has 2 fully saturated rings. The summed E-state index contributed by atoms with van der Waals surface area (Å²) in [7, 11) is 2.10. The van der Waals surface area contributed by atoms with Gasteiger partial charge in [0.1, 0.15) is 24.0 Å². The van der Waals surface area contributed by atoms with E-state index in [1.165, 1.54) is 18.2 Å². The molecule has 35 heavy (non-hydrogen) atoms. The van der Waals surface area contributed by atoms with Gasteiger partial charge in [0.2, 0.25) is 0 Å². The smallest absolute Gasteiger partial charge is 0.318 e. The number of likely N-dealkylation sites (tertiary alicyclic amines) is 1. The standard InChI is InChI=1S/C26H31FN6O2/c1-32-12-3-4-19(32)16-35-26-30-22-14-17(24-21(27)5-2-6-23(24)34)7-8-20(22)25(31-26)33-13-11-29-18(15-33)9-10-28/h2,5-6,14,18-19,29,34H,3-4,7-9,11-13,15-16H2,1H3/t18-,19-/m0/s1. The summed E-state index contributed by atoms with van der Waals surface area (Å²) in [6.45, 7) is 3.77. The molecule has 0 saturated carbocycles. The van der Waals surface area contributed by atoms with Gasteiger partial charge in [0.05, 0.1) is 23.7 Å². The van der Waals surface area contributed by atoms with Crippen LogP contribution in [-0.2, 0) is 6.42 Å². The van der Waals surface area contributed by atoms with Crippen LogP contribution in [0.4, 0.5) is 10.2 Å². The lowest BCUT2D eigenvalue weighted by molar-refractivity contribution is 0.187. The summed E-state index contributed by atoms with van der Waals surface area (Å²) in [5.41, 5.74) is 2.63. The van der Waals surface area contributed by atoms with Crippen molar-refractivity contribution in [1.29, 1.82) is 5.26 Å². The van der Waals surface area contributed by atoms with E-state index in [-0.39, 0.29) is 17.4 Å². The first-order valence-electron chi connectivity index (χ1n) is 12.3. The number of nitriles is 1. The number of allylic oxidation sites excluding steroid dienone is 1. The van der Waals surface area contributed by atoms with Crippen LogP contribution >= 0.6 is 0 Å². The van der Waals surface area contributed by atoms with Crippen molar-refractivity contribution in [3.63, 3.8) is 0 Å². The maximum absolute atomic E-state index is 14.6. The third-order valence-corrected chi connectivity index (χ3v) is 7.23. The lowest BCUT2D eigenvalue weighted by Crippen LogP contribution is -2.51.